The molecule has 1 saturated heterocycles. The van der Waals surface area contributed by atoms with E-state index in [1.54, 1.807) is 0 Å². The zero-order valence-corrected chi connectivity index (χ0v) is 37.8. The number of rotatable bonds is 38. The average Bonchev–Trinajstić information content (AvgIpc) is 3.50. The first kappa shape index (κ1) is 53.7. The number of ether oxygens (including phenoxy) is 3. The van der Waals surface area contributed by atoms with Gasteiger partial charge >= 0.3 is 17.6 Å². The van der Waals surface area contributed by atoms with Crippen LogP contribution < -0.4 is 16.3 Å². The first-order chi connectivity index (χ1) is 29.0. The minimum atomic E-state index is -5.09. The van der Waals surface area contributed by atoms with Crippen LogP contribution in [-0.2, 0) is 37.4 Å². The lowest BCUT2D eigenvalue weighted by Gasteiger charge is -2.27. The number of hydrogen-bond donors (Lipinski definition) is 3. The number of hydrogen-bond acceptors (Lipinski definition) is 14. The molecule has 1 aliphatic rings. The molecule has 16 heteroatoms. The third kappa shape index (κ3) is 24.9. The monoisotopic (exact) mass is 873 g/mol. The molecule has 2 rings (SSSR count). The first-order valence-electron chi connectivity index (χ1n) is 23.3. The zero-order valence-electron chi connectivity index (χ0n) is 36.9. The highest BCUT2D eigenvalue weighted by Gasteiger charge is 2.44. The quantitative estimate of drug-likeness (QED) is 0.0323. The number of aliphatic hydroxyl groups is 2. The molecule has 1 aliphatic heterocycles. The van der Waals surface area contributed by atoms with Gasteiger partial charge in [-0.1, -0.05) is 168 Å². The number of phosphoric acid groups is 1. The number of aromatic nitrogens is 2. The van der Waals surface area contributed by atoms with Crippen molar-refractivity contribution in [3.63, 3.8) is 0 Å². The highest BCUT2D eigenvalue weighted by Crippen LogP contribution is 2.40. The second-order valence-corrected chi connectivity index (χ2v) is 17.8. The number of carbonyl (C=O) groups excluding carboxylic acids is 2. The number of phosphoric ester groups is 1. The largest absolute Gasteiger partial charge is 0.756 e. The second-order valence-electron chi connectivity index (χ2n) is 16.4. The van der Waals surface area contributed by atoms with Crippen LogP contribution >= 0.6 is 7.82 Å². The third-order valence-electron chi connectivity index (χ3n) is 11.0. The maximum Gasteiger partial charge on any atom is 0.351 e. The van der Waals surface area contributed by atoms with Crippen molar-refractivity contribution >= 4 is 25.6 Å². The number of anilines is 1. The highest BCUT2D eigenvalue weighted by atomic mass is 31.2. The Hall–Kier alpha value is -2.39. The zero-order chi connectivity index (χ0) is 43.9. The van der Waals surface area contributed by atoms with E-state index in [-0.39, 0.29) is 18.7 Å². The molecular weight excluding hydrogens is 793 g/mol. The number of nitrogen functional groups attached to an aromatic ring is 1. The lowest BCUT2D eigenvalue weighted by molar-refractivity contribution is -0.231. The lowest BCUT2D eigenvalue weighted by atomic mass is 10.0. The Labute approximate surface area is 359 Å². The van der Waals surface area contributed by atoms with E-state index in [9.17, 15) is 34.1 Å². The van der Waals surface area contributed by atoms with Gasteiger partial charge in [-0.05, 0) is 18.9 Å². The van der Waals surface area contributed by atoms with Crippen molar-refractivity contribution in [3.05, 3.63) is 22.7 Å². The molecule has 2 heterocycles. The van der Waals surface area contributed by atoms with E-state index in [1.165, 1.54) is 128 Å². The predicted octanol–water partition coefficient (Wildman–Crippen LogP) is 8.36. The lowest BCUT2D eigenvalue weighted by Crippen LogP contribution is -2.36. The van der Waals surface area contributed by atoms with Gasteiger partial charge in [0.25, 0.3) is 7.82 Å². The highest BCUT2D eigenvalue weighted by molar-refractivity contribution is 7.45. The number of carbonyl (C=O) groups is 2. The predicted molar refractivity (Wildman–Crippen MR) is 230 cm³/mol. The van der Waals surface area contributed by atoms with Crippen LogP contribution in [-0.4, -0.2) is 75.9 Å². The molecule has 15 nitrogen and oxygen atoms in total. The summed E-state index contributed by atoms with van der Waals surface area (Å²) in [6.07, 6.45) is 24.8. The van der Waals surface area contributed by atoms with E-state index in [0.717, 1.165) is 43.1 Å². The molecule has 1 unspecified atom stereocenters. The summed E-state index contributed by atoms with van der Waals surface area (Å²) < 4.78 is 40.1. The van der Waals surface area contributed by atoms with E-state index in [0.29, 0.717) is 12.8 Å². The molecule has 0 spiro atoms. The normalized spacial score (nSPS) is 19.3. The van der Waals surface area contributed by atoms with Crippen LogP contribution in [0.1, 0.15) is 200 Å². The Kier molecular flexibility index (Phi) is 29.7. The second kappa shape index (κ2) is 33.2. The smallest absolute Gasteiger partial charge is 0.351 e. The summed E-state index contributed by atoms with van der Waals surface area (Å²) in [4.78, 5) is 53.9. The summed E-state index contributed by atoms with van der Waals surface area (Å²) in [5, 5.41) is 21.0. The summed E-state index contributed by atoms with van der Waals surface area (Å²) in [5.74, 6) is -1.09. The van der Waals surface area contributed by atoms with Crippen molar-refractivity contribution in [3.8, 4) is 0 Å². The van der Waals surface area contributed by atoms with E-state index in [4.69, 9.17) is 29.0 Å². The van der Waals surface area contributed by atoms with Crippen molar-refractivity contribution in [1.29, 1.82) is 0 Å². The van der Waals surface area contributed by atoms with Crippen LogP contribution in [0.15, 0.2) is 17.1 Å². The average molecular weight is 873 g/mol. The molecule has 0 amide bonds. The summed E-state index contributed by atoms with van der Waals surface area (Å²) in [6, 6.07) is 1.30. The van der Waals surface area contributed by atoms with Gasteiger partial charge in [0.05, 0.1) is 13.2 Å². The molecule has 60 heavy (non-hydrogen) atoms. The fraction of sp³-hybridized carbons (Fsp3) is 0.864. The SMILES string of the molecule is CCCCCCCCCCCCCCCC(=O)OC[C@@H](COP(=O)([O-])OC[C@H]1O[C@@H](n2ccc(N)nc2=O)[C@@H](O)[C@@H]1O)OC(=O)CCCCCCCCCCCCCCC. The van der Waals surface area contributed by atoms with Gasteiger partial charge in [0.2, 0.25) is 0 Å². The molecule has 348 valence electrons. The molecule has 1 aromatic heterocycles. The molecule has 6 atom stereocenters. The van der Waals surface area contributed by atoms with Crippen LogP contribution in [0.25, 0.3) is 0 Å². The van der Waals surface area contributed by atoms with Crippen molar-refractivity contribution in [1.82, 2.24) is 9.55 Å². The summed E-state index contributed by atoms with van der Waals surface area (Å²) in [5.41, 5.74) is 4.67. The first-order valence-corrected chi connectivity index (χ1v) is 24.7. The van der Waals surface area contributed by atoms with Gasteiger partial charge in [-0.25, -0.2) is 4.79 Å². The molecule has 0 saturated carbocycles. The minimum absolute atomic E-state index is 0.0539. The van der Waals surface area contributed by atoms with E-state index >= 15 is 0 Å². The van der Waals surface area contributed by atoms with Crippen LogP contribution in [0.2, 0.25) is 0 Å². The Balaban J connectivity index is 1.77. The van der Waals surface area contributed by atoms with Gasteiger partial charge in [0, 0.05) is 19.0 Å². The fourth-order valence-corrected chi connectivity index (χ4v) is 8.04. The number of esters is 2. The summed E-state index contributed by atoms with van der Waals surface area (Å²) in [7, 11) is -5.09. The Morgan fingerprint density at radius 1 is 0.733 bits per heavy atom. The molecule has 0 radical (unpaired) electrons. The summed E-state index contributed by atoms with van der Waals surface area (Å²) >= 11 is 0. The maximum atomic E-state index is 12.8. The number of nitrogens with zero attached hydrogens (tertiary/aromatic N) is 2. The number of aliphatic hydroxyl groups excluding tert-OH is 2. The molecule has 1 fully saturated rings. The van der Waals surface area contributed by atoms with Crippen LogP contribution in [0.3, 0.4) is 0 Å². The van der Waals surface area contributed by atoms with Gasteiger partial charge in [-0.2, -0.15) is 4.98 Å². The maximum absolute atomic E-state index is 12.8. The van der Waals surface area contributed by atoms with Crippen molar-refractivity contribution < 1.29 is 52.5 Å². The number of nitrogens with two attached hydrogens (primary N) is 1. The molecule has 1 aromatic rings. The molecule has 0 aromatic carbocycles. The van der Waals surface area contributed by atoms with E-state index < -0.39 is 75.9 Å². The van der Waals surface area contributed by atoms with Crippen molar-refractivity contribution in [2.75, 3.05) is 25.6 Å². The van der Waals surface area contributed by atoms with E-state index in [2.05, 4.69) is 18.8 Å². The topological polar surface area (TPSA) is 222 Å². The van der Waals surface area contributed by atoms with Crippen LogP contribution in [0.4, 0.5) is 5.82 Å². The molecule has 0 bridgehead atoms. The number of unbranched alkanes of at least 4 members (excludes halogenated alkanes) is 24. The van der Waals surface area contributed by atoms with Gasteiger partial charge < -0.3 is 44.1 Å². The third-order valence-corrected chi connectivity index (χ3v) is 11.9. The van der Waals surface area contributed by atoms with Gasteiger partial charge in [-0.3, -0.25) is 18.7 Å². The van der Waals surface area contributed by atoms with Crippen molar-refractivity contribution in [2.45, 2.75) is 224 Å². The molecule has 4 N–H and O–H groups in total. The van der Waals surface area contributed by atoms with Crippen LogP contribution in [0, 0.1) is 0 Å². The molecule has 0 aliphatic carbocycles. The standard InChI is InChI=1S/C44H80N3O12P/c1-3-5-7-9-11-13-15-17-19-21-23-25-27-29-39(48)55-33-36(58-40(49)30-28-26-24-22-20-18-16-14-12-10-8-6-4-2)34-56-60(53,54)57-35-37-41(50)42(51)43(59-37)47-32-31-38(45)46-44(47)52/h31-32,36-37,41-43,50-51H,3-30,33-35H2,1-2H3,(H,53,54)(H2,45,46,52)/p-1/t36-,37+,41+,42-,43+/m0/s1. The Bertz CT molecular complexity index is 1380. The minimum Gasteiger partial charge on any atom is -0.756 e. The van der Waals surface area contributed by atoms with Crippen LogP contribution in [0.5, 0.6) is 0 Å². The van der Waals surface area contributed by atoms with Gasteiger partial charge in [0.1, 0.15) is 30.7 Å². The van der Waals surface area contributed by atoms with Gasteiger partial charge in [0.15, 0.2) is 12.3 Å². The Morgan fingerprint density at radius 2 is 1.18 bits per heavy atom. The Morgan fingerprint density at radius 3 is 1.65 bits per heavy atom. The van der Waals surface area contributed by atoms with Crippen molar-refractivity contribution in [2.24, 2.45) is 0 Å². The van der Waals surface area contributed by atoms with Gasteiger partial charge in [-0.15, -0.1) is 0 Å². The molecular formula is C44H79N3O12P-. The fourth-order valence-electron chi connectivity index (χ4n) is 7.29. The summed E-state index contributed by atoms with van der Waals surface area (Å²) in [6.45, 7) is 2.62. The van der Waals surface area contributed by atoms with E-state index in [1.807, 2.05) is 0 Å².